The van der Waals surface area contributed by atoms with Crippen LogP contribution in [0.25, 0.3) is 11.1 Å². The molecule has 0 atom stereocenters. The number of benzene rings is 4. The van der Waals surface area contributed by atoms with Crippen LogP contribution in [-0.4, -0.2) is 24.3 Å². The lowest BCUT2D eigenvalue weighted by Gasteiger charge is -2.12. The Morgan fingerprint density at radius 3 is 2.41 bits per heavy atom. The Morgan fingerprint density at radius 2 is 1.65 bits per heavy atom. The smallest absolute Gasteiger partial charge is 0.271 e. The summed E-state index contributed by atoms with van der Waals surface area (Å²) in [7, 11) is 1.47. The van der Waals surface area contributed by atoms with Gasteiger partial charge < -0.3 is 14.6 Å². The lowest BCUT2D eigenvalue weighted by Crippen LogP contribution is -2.17. The van der Waals surface area contributed by atoms with Crippen molar-refractivity contribution in [1.82, 2.24) is 5.43 Å². The largest absolute Gasteiger partial charge is 0.504 e. The second-order valence-corrected chi connectivity index (χ2v) is 7.48. The molecule has 2 N–H and O–H groups in total. The van der Waals surface area contributed by atoms with E-state index in [2.05, 4.69) is 22.7 Å². The zero-order valence-corrected chi connectivity index (χ0v) is 18.6. The van der Waals surface area contributed by atoms with Gasteiger partial charge in [0.25, 0.3) is 5.91 Å². The summed E-state index contributed by atoms with van der Waals surface area (Å²) in [4.78, 5) is 12.4. The number of amides is 1. The van der Waals surface area contributed by atoms with Gasteiger partial charge in [0.1, 0.15) is 12.4 Å². The van der Waals surface area contributed by atoms with Crippen LogP contribution in [0.2, 0.25) is 0 Å². The fraction of sp³-hybridized carbons (Fsp3) is 0.0714. The number of hydrogen-bond donors (Lipinski definition) is 2. The number of nitrogens with one attached hydrogen (secondary N) is 1. The molecule has 0 heterocycles. The van der Waals surface area contributed by atoms with Crippen molar-refractivity contribution < 1.29 is 19.4 Å². The molecule has 0 aromatic heterocycles. The van der Waals surface area contributed by atoms with Crippen LogP contribution in [0.3, 0.4) is 0 Å². The van der Waals surface area contributed by atoms with E-state index in [9.17, 15) is 9.90 Å². The summed E-state index contributed by atoms with van der Waals surface area (Å²) in [5, 5.41) is 13.6. The van der Waals surface area contributed by atoms with Gasteiger partial charge in [-0.25, -0.2) is 5.43 Å². The molecule has 0 radical (unpaired) electrons. The number of para-hydroxylation sites is 1. The third-order valence-electron chi connectivity index (χ3n) is 5.17. The molecular weight excluding hydrogens is 428 g/mol. The summed E-state index contributed by atoms with van der Waals surface area (Å²) in [5.74, 6) is 0.843. The first kappa shape index (κ1) is 22.6. The van der Waals surface area contributed by atoms with Crippen molar-refractivity contribution in [3.8, 4) is 28.4 Å². The SMILES string of the molecule is COc1cc(/C=N/NC(=O)c2ccc(COc3ccccc3-c3ccccc3)cc2)ccc1O. The fourth-order valence-electron chi connectivity index (χ4n) is 3.37. The van der Waals surface area contributed by atoms with Crippen molar-refractivity contribution in [2.24, 2.45) is 5.10 Å². The average molecular weight is 453 g/mol. The highest BCUT2D eigenvalue weighted by Crippen LogP contribution is 2.30. The van der Waals surface area contributed by atoms with Crippen LogP contribution < -0.4 is 14.9 Å². The first-order chi connectivity index (χ1) is 16.6. The molecule has 4 rings (SSSR count). The van der Waals surface area contributed by atoms with Gasteiger partial charge >= 0.3 is 0 Å². The third-order valence-corrected chi connectivity index (χ3v) is 5.17. The van der Waals surface area contributed by atoms with E-state index in [0.717, 1.165) is 22.4 Å². The first-order valence-electron chi connectivity index (χ1n) is 10.7. The molecule has 0 aliphatic rings. The molecule has 34 heavy (non-hydrogen) atoms. The predicted octanol–water partition coefficient (Wildman–Crippen LogP) is 5.41. The molecule has 0 aliphatic heterocycles. The van der Waals surface area contributed by atoms with Crippen LogP contribution in [0.4, 0.5) is 0 Å². The van der Waals surface area contributed by atoms with Crippen molar-refractivity contribution >= 4 is 12.1 Å². The highest BCUT2D eigenvalue weighted by molar-refractivity contribution is 5.95. The van der Waals surface area contributed by atoms with E-state index < -0.39 is 0 Å². The van der Waals surface area contributed by atoms with Gasteiger partial charge in [-0.1, -0.05) is 60.7 Å². The van der Waals surface area contributed by atoms with E-state index in [1.807, 2.05) is 54.6 Å². The third kappa shape index (κ3) is 5.61. The molecule has 4 aromatic rings. The lowest BCUT2D eigenvalue weighted by molar-refractivity contribution is 0.0955. The number of phenolic OH excluding ortho intramolecular Hbond substituents is 1. The number of ether oxygens (including phenoxy) is 2. The van der Waals surface area contributed by atoms with Crippen LogP contribution in [0.15, 0.2) is 102 Å². The second kappa shape index (κ2) is 10.8. The monoisotopic (exact) mass is 452 g/mol. The van der Waals surface area contributed by atoms with E-state index >= 15 is 0 Å². The van der Waals surface area contributed by atoms with E-state index in [-0.39, 0.29) is 11.7 Å². The number of carbonyl (C=O) groups excluding carboxylic acids is 1. The zero-order chi connectivity index (χ0) is 23.8. The van der Waals surface area contributed by atoms with Crippen LogP contribution in [0, 0.1) is 0 Å². The van der Waals surface area contributed by atoms with Crippen molar-refractivity contribution in [3.05, 3.63) is 114 Å². The first-order valence-corrected chi connectivity index (χ1v) is 10.7. The summed E-state index contributed by atoms with van der Waals surface area (Å²) in [6.45, 7) is 0.382. The molecule has 0 spiro atoms. The number of carbonyl (C=O) groups is 1. The quantitative estimate of drug-likeness (QED) is 0.277. The van der Waals surface area contributed by atoms with Gasteiger partial charge in [-0.2, -0.15) is 5.10 Å². The predicted molar refractivity (Wildman–Crippen MR) is 132 cm³/mol. The number of rotatable bonds is 8. The van der Waals surface area contributed by atoms with Crippen molar-refractivity contribution in [1.29, 1.82) is 0 Å². The minimum absolute atomic E-state index is 0.0382. The van der Waals surface area contributed by atoms with Crippen LogP contribution in [0.5, 0.6) is 17.2 Å². The molecule has 0 saturated carbocycles. The Labute approximate surface area is 198 Å². The molecule has 1 amide bonds. The molecule has 0 fully saturated rings. The van der Waals surface area contributed by atoms with Crippen LogP contribution in [-0.2, 0) is 6.61 Å². The second-order valence-electron chi connectivity index (χ2n) is 7.48. The Morgan fingerprint density at radius 1 is 0.912 bits per heavy atom. The van der Waals surface area contributed by atoms with E-state index in [4.69, 9.17) is 9.47 Å². The Bertz CT molecular complexity index is 1290. The average Bonchev–Trinajstić information content (AvgIpc) is 2.89. The Hall–Kier alpha value is -4.58. The topological polar surface area (TPSA) is 80.2 Å². The van der Waals surface area contributed by atoms with E-state index in [1.165, 1.54) is 19.4 Å². The van der Waals surface area contributed by atoms with Crippen molar-refractivity contribution in [2.75, 3.05) is 7.11 Å². The van der Waals surface area contributed by atoms with Gasteiger partial charge in [-0.15, -0.1) is 0 Å². The van der Waals surface area contributed by atoms with E-state index in [1.54, 1.807) is 24.3 Å². The number of nitrogens with zero attached hydrogens (tertiary/aromatic N) is 1. The zero-order valence-electron chi connectivity index (χ0n) is 18.6. The van der Waals surface area contributed by atoms with Crippen LogP contribution in [0.1, 0.15) is 21.5 Å². The highest BCUT2D eigenvalue weighted by Gasteiger charge is 2.08. The molecular formula is C28H24N2O4. The number of hydrazone groups is 1. The highest BCUT2D eigenvalue weighted by atomic mass is 16.5. The Kier molecular flexibility index (Phi) is 7.20. The maximum atomic E-state index is 12.4. The standard InChI is InChI=1S/C28H24N2O4/c1-33-27-17-21(13-16-25(27)31)18-29-30-28(32)23-14-11-20(12-15-23)19-34-26-10-6-5-9-24(26)22-7-3-2-4-8-22/h2-18,31H,19H2,1H3,(H,30,32)/b29-18+. The number of hydrogen-bond acceptors (Lipinski definition) is 5. The van der Waals surface area contributed by atoms with Gasteiger partial charge in [0.15, 0.2) is 11.5 Å². The van der Waals surface area contributed by atoms with Gasteiger partial charge in [-0.05, 0) is 53.1 Å². The molecule has 0 bridgehead atoms. The lowest BCUT2D eigenvalue weighted by atomic mass is 10.0. The minimum atomic E-state index is -0.330. The van der Waals surface area contributed by atoms with Gasteiger partial charge in [0.2, 0.25) is 0 Å². The minimum Gasteiger partial charge on any atom is -0.504 e. The molecule has 0 saturated heterocycles. The molecule has 0 unspecified atom stereocenters. The summed E-state index contributed by atoms with van der Waals surface area (Å²) in [6, 6.07) is 30.0. The Balaban J connectivity index is 1.35. The number of aromatic hydroxyl groups is 1. The fourth-order valence-corrected chi connectivity index (χ4v) is 3.37. The summed E-state index contributed by atoms with van der Waals surface area (Å²) >= 11 is 0. The van der Waals surface area contributed by atoms with Gasteiger partial charge in [-0.3, -0.25) is 4.79 Å². The molecule has 6 heteroatoms. The molecule has 6 nitrogen and oxygen atoms in total. The molecule has 0 aliphatic carbocycles. The van der Waals surface area contributed by atoms with Crippen molar-refractivity contribution in [3.63, 3.8) is 0 Å². The van der Waals surface area contributed by atoms with Crippen molar-refractivity contribution in [2.45, 2.75) is 6.61 Å². The van der Waals surface area contributed by atoms with Crippen LogP contribution >= 0.6 is 0 Å². The molecule has 4 aromatic carbocycles. The van der Waals surface area contributed by atoms with Gasteiger partial charge in [0, 0.05) is 11.1 Å². The normalized spacial score (nSPS) is 10.7. The molecule has 170 valence electrons. The number of phenols is 1. The van der Waals surface area contributed by atoms with Gasteiger partial charge in [0.05, 0.1) is 13.3 Å². The summed E-state index contributed by atoms with van der Waals surface area (Å²) in [6.07, 6.45) is 1.48. The van der Waals surface area contributed by atoms with E-state index in [0.29, 0.717) is 23.5 Å². The summed E-state index contributed by atoms with van der Waals surface area (Å²) < 4.78 is 11.1. The maximum absolute atomic E-state index is 12.4. The number of methoxy groups -OCH3 is 1. The summed E-state index contributed by atoms with van der Waals surface area (Å²) in [5.41, 5.74) is 6.73. The maximum Gasteiger partial charge on any atom is 0.271 e.